The van der Waals surface area contributed by atoms with Crippen LogP contribution in [0, 0.1) is 11.3 Å². The third-order valence-corrected chi connectivity index (χ3v) is 9.30. The Kier molecular flexibility index (Phi) is 6.55. The summed E-state index contributed by atoms with van der Waals surface area (Å²) < 4.78 is 1.86. The quantitative estimate of drug-likeness (QED) is 0.507. The van der Waals surface area contributed by atoms with Gasteiger partial charge in [0, 0.05) is 42.9 Å². The first-order valence-corrected chi connectivity index (χ1v) is 14.3. The third-order valence-electron chi connectivity index (χ3n) is 9.30. The molecule has 3 aliphatic carbocycles. The van der Waals surface area contributed by atoms with Gasteiger partial charge in [0.2, 0.25) is 11.7 Å². The standard InChI is InChI=1S/C30H36N4O5/c1-33-22-7-3-2-5-18(22)16-23(33)29(39)34-14-13-30(11-12-30)17-24(34)27(37)32-21(15-19-6-4-8-25(19)35)26(36)28(38)31-20-9-10-20/h2-3,5,7,16,19-21,24H,4,6,8-15,17H2,1H3,(H,31,38)(H,32,37). The highest BCUT2D eigenvalue weighted by Gasteiger charge is 2.51. The summed E-state index contributed by atoms with van der Waals surface area (Å²) in [6.07, 6.45) is 7.10. The lowest BCUT2D eigenvalue weighted by Crippen LogP contribution is -2.58. The van der Waals surface area contributed by atoms with Gasteiger partial charge < -0.3 is 20.1 Å². The van der Waals surface area contributed by atoms with Crippen LogP contribution in [0.2, 0.25) is 0 Å². The van der Waals surface area contributed by atoms with E-state index in [0.717, 1.165) is 49.4 Å². The van der Waals surface area contributed by atoms with E-state index in [9.17, 15) is 24.0 Å². The topological polar surface area (TPSA) is 118 Å². The van der Waals surface area contributed by atoms with E-state index in [1.54, 1.807) is 4.90 Å². The van der Waals surface area contributed by atoms with Crippen molar-refractivity contribution in [1.29, 1.82) is 0 Å². The van der Waals surface area contributed by atoms with Crippen LogP contribution in [0.4, 0.5) is 0 Å². The number of rotatable bonds is 8. The minimum absolute atomic E-state index is 0.00731. The van der Waals surface area contributed by atoms with Gasteiger partial charge >= 0.3 is 0 Å². The fraction of sp³-hybridized carbons (Fsp3) is 0.567. The molecule has 1 saturated heterocycles. The smallest absolute Gasteiger partial charge is 0.289 e. The van der Waals surface area contributed by atoms with Gasteiger partial charge in [-0.1, -0.05) is 18.2 Å². The normalized spacial score (nSPS) is 24.5. The maximum atomic E-state index is 13.9. The first kappa shape index (κ1) is 25.8. The lowest BCUT2D eigenvalue weighted by Gasteiger charge is -2.39. The molecule has 6 rings (SSSR count). The van der Waals surface area contributed by atoms with Crippen LogP contribution < -0.4 is 10.6 Å². The number of piperidine rings is 1. The summed E-state index contributed by atoms with van der Waals surface area (Å²) in [5.41, 5.74) is 1.50. The fourth-order valence-corrected chi connectivity index (χ4v) is 6.45. The minimum Gasteiger partial charge on any atom is -0.347 e. The molecule has 206 valence electrons. The molecule has 39 heavy (non-hydrogen) atoms. The van der Waals surface area contributed by atoms with Crippen LogP contribution in [0.25, 0.3) is 10.9 Å². The Labute approximate surface area is 227 Å². The number of amides is 3. The highest BCUT2D eigenvalue weighted by molar-refractivity contribution is 6.38. The molecule has 0 bridgehead atoms. The van der Waals surface area contributed by atoms with Gasteiger partial charge in [0.25, 0.3) is 11.8 Å². The Bertz CT molecular complexity index is 1350. The first-order valence-electron chi connectivity index (χ1n) is 14.3. The molecular formula is C30H36N4O5. The molecule has 1 spiro atoms. The minimum atomic E-state index is -1.09. The van der Waals surface area contributed by atoms with Gasteiger partial charge in [0.05, 0.1) is 6.04 Å². The number of likely N-dealkylation sites (tertiary alicyclic amines) is 1. The summed E-state index contributed by atoms with van der Waals surface area (Å²) in [4.78, 5) is 67.7. The van der Waals surface area contributed by atoms with Gasteiger partial charge in [-0.25, -0.2) is 0 Å². The van der Waals surface area contributed by atoms with E-state index >= 15 is 0 Å². The maximum absolute atomic E-state index is 13.9. The number of ketones is 2. The van der Waals surface area contributed by atoms with Gasteiger partial charge in [0.15, 0.2) is 0 Å². The Morgan fingerprint density at radius 3 is 2.51 bits per heavy atom. The SMILES string of the molecule is Cn1c(C(=O)N2CCC3(CC3)CC2C(=O)NC(CC2CCCC2=O)C(=O)C(=O)NC2CC2)cc2ccccc21. The zero-order valence-corrected chi connectivity index (χ0v) is 22.4. The van der Waals surface area contributed by atoms with Crippen LogP contribution in [0.1, 0.15) is 74.7 Å². The van der Waals surface area contributed by atoms with Crippen LogP contribution >= 0.6 is 0 Å². The molecule has 3 unspecified atom stereocenters. The summed E-state index contributed by atoms with van der Waals surface area (Å²) in [5, 5.41) is 6.52. The second kappa shape index (κ2) is 9.92. The summed E-state index contributed by atoms with van der Waals surface area (Å²) in [7, 11) is 1.85. The van der Waals surface area contributed by atoms with Crippen LogP contribution in [0.5, 0.6) is 0 Å². The molecule has 3 atom stereocenters. The van der Waals surface area contributed by atoms with Crippen molar-refractivity contribution in [2.24, 2.45) is 18.4 Å². The van der Waals surface area contributed by atoms with E-state index in [1.165, 1.54) is 0 Å². The summed E-state index contributed by atoms with van der Waals surface area (Å²) >= 11 is 0. The average molecular weight is 533 g/mol. The van der Waals surface area contributed by atoms with E-state index in [0.29, 0.717) is 31.5 Å². The second-order valence-electron chi connectivity index (χ2n) is 12.1. The largest absolute Gasteiger partial charge is 0.347 e. The highest BCUT2D eigenvalue weighted by Crippen LogP contribution is 2.55. The Morgan fingerprint density at radius 2 is 1.85 bits per heavy atom. The Balaban J connectivity index is 1.24. The molecule has 2 N–H and O–H groups in total. The summed E-state index contributed by atoms with van der Waals surface area (Å²) in [5.74, 6) is -2.33. The van der Waals surface area contributed by atoms with Crippen LogP contribution in [0.15, 0.2) is 30.3 Å². The average Bonchev–Trinajstić information content (AvgIpc) is 3.84. The van der Waals surface area contributed by atoms with Crippen molar-refractivity contribution in [3.63, 3.8) is 0 Å². The molecule has 4 fully saturated rings. The number of nitrogens with zero attached hydrogens (tertiary/aromatic N) is 2. The molecule has 0 radical (unpaired) electrons. The molecule has 4 aliphatic rings. The summed E-state index contributed by atoms with van der Waals surface area (Å²) in [6, 6.07) is 7.80. The number of carbonyl (C=O) groups excluding carboxylic acids is 5. The zero-order chi connectivity index (χ0) is 27.3. The number of Topliss-reactive ketones (excluding diaryl/α,β-unsaturated/α-hetero) is 2. The third kappa shape index (κ3) is 5.11. The van der Waals surface area contributed by atoms with Gasteiger partial charge in [0.1, 0.15) is 17.5 Å². The van der Waals surface area contributed by atoms with Gasteiger partial charge in [-0.15, -0.1) is 0 Å². The van der Waals surface area contributed by atoms with E-state index in [-0.39, 0.29) is 35.5 Å². The van der Waals surface area contributed by atoms with Gasteiger partial charge in [-0.2, -0.15) is 0 Å². The molecule has 1 aliphatic heterocycles. The molecule has 1 aromatic carbocycles. The maximum Gasteiger partial charge on any atom is 0.289 e. The number of hydrogen-bond donors (Lipinski definition) is 2. The molecular weight excluding hydrogens is 496 g/mol. The number of benzene rings is 1. The number of fused-ring (bicyclic) bond motifs is 1. The van der Waals surface area contributed by atoms with Crippen LogP contribution in [0.3, 0.4) is 0 Å². The lowest BCUT2D eigenvalue weighted by atomic mass is 9.86. The van der Waals surface area contributed by atoms with E-state index in [2.05, 4.69) is 10.6 Å². The molecule has 1 aromatic heterocycles. The van der Waals surface area contributed by atoms with Crippen molar-refractivity contribution < 1.29 is 24.0 Å². The number of aromatic nitrogens is 1. The molecule has 3 amide bonds. The van der Waals surface area contributed by atoms with E-state index in [1.807, 2.05) is 41.9 Å². The molecule has 3 saturated carbocycles. The van der Waals surface area contributed by atoms with Gasteiger partial charge in [-0.05, 0) is 75.3 Å². The monoisotopic (exact) mass is 532 g/mol. The fourth-order valence-electron chi connectivity index (χ4n) is 6.45. The van der Waals surface area contributed by atoms with Crippen molar-refractivity contribution >= 4 is 40.2 Å². The molecule has 9 heteroatoms. The molecule has 9 nitrogen and oxygen atoms in total. The first-order chi connectivity index (χ1) is 18.7. The predicted octanol–water partition coefficient (Wildman–Crippen LogP) is 2.65. The number of aryl methyl sites for hydroxylation is 1. The van der Waals surface area contributed by atoms with Gasteiger partial charge in [-0.3, -0.25) is 24.0 Å². The van der Waals surface area contributed by atoms with Crippen molar-refractivity contribution in [2.45, 2.75) is 82.3 Å². The molecule has 2 heterocycles. The number of para-hydroxylation sites is 1. The van der Waals surface area contributed by atoms with Crippen molar-refractivity contribution in [2.75, 3.05) is 6.54 Å². The summed E-state index contributed by atoms with van der Waals surface area (Å²) in [6.45, 7) is 0.459. The van der Waals surface area contributed by atoms with E-state index in [4.69, 9.17) is 0 Å². The number of carbonyl (C=O) groups is 5. The van der Waals surface area contributed by atoms with Crippen molar-refractivity contribution in [1.82, 2.24) is 20.1 Å². The van der Waals surface area contributed by atoms with Crippen molar-refractivity contribution in [3.8, 4) is 0 Å². The zero-order valence-electron chi connectivity index (χ0n) is 22.4. The Hall–Kier alpha value is -3.49. The van der Waals surface area contributed by atoms with Crippen LogP contribution in [-0.4, -0.2) is 63.4 Å². The van der Waals surface area contributed by atoms with Crippen LogP contribution in [-0.2, 0) is 26.2 Å². The Morgan fingerprint density at radius 1 is 1.08 bits per heavy atom. The lowest BCUT2D eigenvalue weighted by molar-refractivity contribution is -0.141. The van der Waals surface area contributed by atoms with Crippen molar-refractivity contribution in [3.05, 3.63) is 36.0 Å². The predicted molar refractivity (Wildman–Crippen MR) is 144 cm³/mol. The van der Waals surface area contributed by atoms with E-state index < -0.39 is 29.7 Å². The highest BCUT2D eigenvalue weighted by atomic mass is 16.2. The number of hydrogen-bond acceptors (Lipinski definition) is 5. The second-order valence-corrected chi connectivity index (χ2v) is 12.1. The number of nitrogens with one attached hydrogen (secondary N) is 2. The molecule has 2 aromatic rings.